The molecule has 34 heavy (non-hydrogen) atoms. The normalized spacial score (nSPS) is 24.3. The molecule has 3 unspecified atom stereocenters. The molecule has 0 bridgehead atoms. The monoisotopic (exact) mass is 496 g/mol. The Labute approximate surface area is 208 Å². The topological polar surface area (TPSA) is 87.5 Å². The van der Waals surface area contributed by atoms with Crippen LogP contribution >= 0.6 is 23.2 Å². The number of nitrogens with two attached hydrogens (primary N) is 1. The summed E-state index contributed by atoms with van der Waals surface area (Å²) in [5.74, 6) is -0.151. The third-order valence-electron chi connectivity index (χ3n) is 6.71. The fourth-order valence-electron chi connectivity index (χ4n) is 4.77. The molecule has 1 heterocycles. The van der Waals surface area contributed by atoms with Crippen molar-refractivity contribution in [2.75, 3.05) is 13.1 Å². The van der Waals surface area contributed by atoms with Gasteiger partial charge in [0, 0.05) is 47.3 Å². The highest BCUT2D eigenvalue weighted by Crippen LogP contribution is 2.39. The van der Waals surface area contributed by atoms with Crippen LogP contribution in [0.5, 0.6) is 0 Å². The number of benzene rings is 3. The molecule has 2 amide bonds. The Morgan fingerprint density at radius 2 is 1.79 bits per heavy atom. The molecule has 1 spiro atoms. The van der Waals surface area contributed by atoms with Crippen molar-refractivity contribution in [3.05, 3.63) is 81.8 Å². The molecule has 3 aromatic carbocycles. The lowest BCUT2D eigenvalue weighted by Crippen LogP contribution is -2.53. The molecule has 1 aliphatic carbocycles. The highest BCUT2D eigenvalue weighted by atomic mass is 35.5. The molecular weight excluding hydrogens is 471 g/mol. The molecular formula is C26H26Cl2N4O2. The van der Waals surface area contributed by atoms with Gasteiger partial charge in [-0.25, -0.2) is 0 Å². The van der Waals surface area contributed by atoms with Gasteiger partial charge in [0.05, 0.1) is 0 Å². The van der Waals surface area contributed by atoms with Crippen LogP contribution in [0.3, 0.4) is 0 Å². The van der Waals surface area contributed by atoms with Gasteiger partial charge >= 0.3 is 0 Å². The summed E-state index contributed by atoms with van der Waals surface area (Å²) in [6, 6.07) is 18.6. The zero-order valence-corrected chi connectivity index (χ0v) is 20.1. The van der Waals surface area contributed by atoms with Crippen molar-refractivity contribution < 1.29 is 9.59 Å². The number of hydrogen-bond donors (Lipinski definition) is 3. The Hall–Kier alpha value is -2.64. The van der Waals surface area contributed by atoms with E-state index in [1.54, 1.807) is 6.07 Å². The number of amides is 2. The third kappa shape index (κ3) is 4.64. The van der Waals surface area contributed by atoms with Crippen LogP contribution in [0.2, 0.25) is 10.0 Å². The van der Waals surface area contributed by atoms with Crippen molar-refractivity contribution in [3.63, 3.8) is 0 Å². The van der Waals surface area contributed by atoms with E-state index >= 15 is 0 Å². The highest BCUT2D eigenvalue weighted by Gasteiger charge is 2.61. The summed E-state index contributed by atoms with van der Waals surface area (Å²) < 4.78 is 0. The first-order valence-electron chi connectivity index (χ1n) is 11.4. The number of carbonyl (C=O) groups excluding carboxylic acids is 2. The molecule has 3 atom stereocenters. The number of halogens is 2. The predicted octanol–water partition coefficient (Wildman–Crippen LogP) is 3.74. The van der Waals surface area contributed by atoms with Gasteiger partial charge in [-0.2, -0.15) is 0 Å². The quantitative estimate of drug-likeness (QED) is 0.502. The second kappa shape index (κ2) is 9.19. The van der Waals surface area contributed by atoms with Crippen molar-refractivity contribution in [1.29, 1.82) is 0 Å². The second-order valence-corrected chi connectivity index (χ2v) is 10.1. The van der Waals surface area contributed by atoms with Gasteiger partial charge < -0.3 is 16.0 Å². The molecule has 2 aliphatic rings. The summed E-state index contributed by atoms with van der Waals surface area (Å²) in [7, 11) is 0. The van der Waals surface area contributed by atoms with Gasteiger partial charge in [0.15, 0.2) is 0 Å². The third-order valence-corrected chi connectivity index (χ3v) is 7.15. The number of rotatable bonds is 5. The van der Waals surface area contributed by atoms with Crippen LogP contribution in [0.1, 0.15) is 28.8 Å². The first-order valence-corrected chi connectivity index (χ1v) is 12.1. The van der Waals surface area contributed by atoms with E-state index < -0.39 is 5.54 Å². The van der Waals surface area contributed by atoms with Crippen molar-refractivity contribution in [3.8, 4) is 0 Å². The smallest absolute Gasteiger partial charge is 0.251 e. The molecule has 8 heteroatoms. The largest absolute Gasteiger partial charge is 0.350 e. The van der Waals surface area contributed by atoms with Crippen LogP contribution in [0.25, 0.3) is 10.8 Å². The maximum absolute atomic E-state index is 13.4. The Kier molecular flexibility index (Phi) is 6.25. The minimum Gasteiger partial charge on any atom is -0.350 e. The highest BCUT2D eigenvalue weighted by molar-refractivity contribution is 6.34. The van der Waals surface area contributed by atoms with Crippen LogP contribution < -0.4 is 16.4 Å². The Bertz CT molecular complexity index is 1250. The standard InChI is InChI=1S/C26H26Cl2N4O2/c27-20-9-16(10-21(28)12-20)15-32-8-7-22(31-26(25(32)34)13-23(26)29)14-30-24(33)19-6-5-17-3-1-2-4-18(17)11-19/h1-6,9-12,22-23,31H,7-8,13-15,29H2,(H,30,33). The van der Waals surface area contributed by atoms with Gasteiger partial charge in [0.2, 0.25) is 5.91 Å². The van der Waals surface area contributed by atoms with E-state index in [0.717, 1.165) is 16.3 Å². The van der Waals surface area contributed by atoms with E-state index in [2.05, 4.69) is 10.6 Å². The van der Waals surface area contributed by atoms with Gasteiger partial charge in [-0.1, -0.05) is 53.5 Å². The lowest BCUT2D eigenvalue weighted by molar-refractivity contribution is -0.134. The van der Waals surface area contributed by atoms with E-state index in [1.165, 1.54) is 0 Å². The van der Waals surface area contributed by atoms with E-state index in [4.69, 9.17) is 28.9 Å². The minimum absolute atomic E-state index is 0.0144. The number of nitrogens with zero attached hydrogens (tertiary/aromatic N) is 1. The SMILES string of the molecule is NC1CC12NC(CNC(=O)c1ccc3ccccc3c1)CCN(Cc1cc(Cl)cc(Cl)c1)C2=O. The summed E-state index contributed by atoms with van der Waals surface area (Å²) >= 11 is 12.3. The van der Waals surface area contributed by atoms with Crippen LogP contribution in [0, 0.1) is 0 Å². The van der Waals surface area contributed by atoms with Crippen molar-refractivity contribution >= 4 is 45.8 Å². The molecule has 5 rings (SSSR count). The molecule has 1 saturated carbocycles. The predicted molar refractivity (Wildman–Crippen MR) is 135 cm³/mol. The fourth-order valence-corrected chi connectivity index (χ4v) is 5.34. The van der Waals surface area contributed by atoms with Gasteiger partial charge in [0.25, 0.3) is 5.91 Å². The molecule has 0 radical (unpaired) electrons. The average Bonchev–Trinajstić information content (AvgIpc) is 3.50. The molecule has 4 N–H and O–H groups in total. The molecule has 2 fully saturated rings. The zero-order valence-electron chi connectivity index (χ0n) is 18.6. The van der Waals surface area contributed by atoms with Crippen molar-refractivity contribution in [1.82, 2.24) is 15.5 Å². The van der Waals surface area contributed by atoms with Crippen LogP contribution in [-0.4, -0.2) is 47.4 Å². The van der Waals surface area contributed by atoms with Crippen molar-refractivity contribution in [2.45, 2.75) is 37.0 Å². The molecule has 1 aliphatic heterocycles. The van der Waals surface area contributed by atoms with E-state index in [1.807, 2.05) is 59.5 Å². The van der Waals surface area contributed by atoms with Gasteiger partial charge in [-0.3, -0.25) is 14.9 Å². The van der Waals surface area contributed by atoms with Crippen LogP contribution in [0.15, 0.2) is 60.7 Å². The first kappa shape index (κ1) is 23.1. The van der Waals surface area contributed by atoms with Crippen molar-refractivity contribution in [2.24, 2.45) is 5.73 Å². The first-order chi connectivity index (χ1) is 16.3. The van der Waals surface area contributed by atoms with Gasteiger partial charge in [-0.15, -0.1) is 0 Å². The Balaban J connectivity index is 1.27. The summed E-state index contributed by atoms with van der Waals surface area (Å²) in [6.07, 6.45) is 1.26. The van der Waals surface area contributed by atoms with Crippen LogP contribution in [-0.2, 0) is 11.3 Å². The summed E-state index contributed by atoms with van der Waals surface area (Å²) in [5.41, 5.74) is 6.92. The summed E-state index contributed by atoms with van der Waals surface area (Å²) in [5, 5.41) is 9.67. The molecule has 176 valence electrons. The lowest BCUT2D eigenvalue weighted by Gasteiger charge is -2.25. The number of carbonyl (C=O) groups is 2. The van der Waals surface area contributed by atoms with E-state index in [0.29, 0.717) is 48.1 Å². The minimum atomic E-state index is -0.781. The fraction of sp³-hybridized carbons (Fsp3) is 0.308. The summed E-state index contributed by atoms with van der Waals surface area (Å²) in [6.45, 7) is 1.36. The Morgan fingerprint density at radius 1 is 1.09 bits per heavy atom. The summed E-state index contributed by atoms with van der Waals surface area (Å²) in [4.78, 5) is 28.0. The van der Waals surface area contributed by atoms with E-state index in [9.17, 15) is 9.59 Å². The molecule has 3 aromatic rings. The van der Waals surface area contributed by atoms with Gasteiger partial charge in [-0.05, 0) is 59.5 Å². The van der Waals surface area contributed by atoms with Crippen LogP contribution in [0.4, 0.5) is 0 Å². The molecule has 0 aromatic heterocycles. The maximum Gasteiger partial charge on any atom is 0.251 e. The maximum atomic E-state index is 13.4. The number of nitrogens with one attached hydrogen (secondary N) is 2. The molecule has 6 nitrogen and oxygen atoms in total. The zero-order chi connectivity index (χ0) is 23.9. The van der Waals surface area contributed by atoms with Gasteiger partial charge in [0.1, 0.15) is 5.54 Å². The Morgan fingerprint density at radius 3 is 2.50 bits per heavy atom. The number of fused-ring (bicyclic) bond motifs is 1. The number of hydrogen-bond acceptors (Lipinski definition) is 4. The second-order valence-electron chi connectivity index (χ2n) is 9.19. The molecule has 1 saturated heterocycles. The van der Waals surface area contributed by atoms with E-state index in [-0.39, 0.29) is 23.9 Å². The average molecular weight is 497 g/mol. The lowest BCUT2D eigenvalue weighted by atomic mass is 10.1.